The molecule has 0 radical (unpaired) electrons. The number of rotatable bonds is 10. The quantitative estimate of drug-likeness (QED) is 0.112. The SMILES string of the molecule is O=C(NCCS(=O)(=O)O)c1ccc(CC(C(=O)Nc2ccc(-c3cc4ccccc4o3)cc2F)c2ccc(C(F)(F)F)cc2)cc1. The molecule has 0 aliphatic rings. The van der Waals surface area contributed by atoms with Gasteiger partial charge < -0.3 is 15.1 Å². The largest absolute Gasteiger partial charge is 0.456 e. The van der Waals surface area contributed by atoms with E-state index in [0.29, 0.717) is 22.5 Å². The van der Waals surface area contributed by atoms with Crippen molar-refractivity contribution in [2.75, 3.05) is 17.6 Å². The number of anilines is 1. The molecule has 3 N–H and O–H groups in total. The molecule has 5 aromatic rings. The van der Waals surface area contributed by atoms with Gasteiger partial charge in [0.05, 0.1) is 22.9 Å². The van der Waals surface area contributed by atoms with E-state index in [1.54, 1.807) is 18.2 Å². The molecule has 2 amide bonds. The first-order valence-electron chi connectivity index (χ1n) is 13.9. The molecule has 0 aliphatic heterocycles. The van der Waals surface area contributed by atoms with Crippen LogP contribution in [-0.2, 0) is 27.5 Å². The van der Waals surface area contributed by atoms with Gasteiger partial charge in [0.25, 0.3) is 16.0 Å². The minimum absolute atomic E-state index is 0.0134. The Labute approximate surface area is 260 Å². The van der Waals surface area contributed by atoms with Crippen molar-refractivity contribution in [3.05, 3.63) is 125 Å². The van der Waals surface area contributed by atoms with Crippen LogP contribution in [-0.4, -0.2) is 37.1 Å². The molecular weight excluding hydrogens is 628 g/mol. The summed E-state index contributed by atoms with van der Waals surface area (Å²) in [5, 5.41) is 5.73. The van der Waals surface area contributed by atoms with Crippen LogP contribution >= 0.6 is 0 Å². The van der Waals surface area contributed by atoms with Crippen molar-refractivity contribution >= 4 is 38.6 Å². The molecule has 1 atom stereocenters. The van der Waals surface area contributed by atoms with Crippen LogP contribution in [0.15, 0.2) is 101 Å². The van der Waals surface area contributed by atoms with E-state index in [2.05, 4.69) is 10.6 Å². The van der Waals surface area contributed by atoms with Crippen molar-refractivity contribution in [3.63, 3.8) is 0 Å². The van der Waals surface area contributed by atoms with Gasteiger partial charge in [-0.3, -0.25) is 14.1 Å². The van der Waals surface area contributed by atoms with Crippen molar-refractivity contribution in [1.82, 2.24) is 5.32 Å². The maximum Gasteiger partial charge on any atom is 0.416 e. The first-order valence-corrected chi connectivity index (χ1v) is 15.5. The van der Waals surface area contributed by atoms with Gasteiger partial charge in [-0.15, -0.1) is 0 Å². The predicted molar refractivity (Wildman–Crippen MR) is 163 cm³/mol. The van der Waals surface area contributed by atoms with Crippen molar-refractivity contribution in [3.8, 4) is 11.3 Å². The summed E-state index contributed by atoms with van der Waals surface area (Å²) in [6, 6.07) is 23.2. The van der Waals surface area contributed by atoms with Gasteiger partial charge in [0, 0.05) is 23.1 Å². The number of hydrogen-bond acceptors (Lipinski definition) is 5. The molecule has 0 fully saturated rings. The Morgan fingerprint density at radius 3 is 2.22 bits per heavy atom. The second-order valence-corrected chi connectivity index (χ2v) is 12.0. The summed E-state index contributed by atoms with van der Waals surface area (Å²) in [6.45, 7) is -0.314. The molecule has 0 spiro atoms. The first-order chi connectivity index (χ1) is 21.8. The Morgan fingerprint density at radius 2 is 1.59 bits per heavy atom. The average molecular weight is 655 g/mol. The Kier molecular flexibility index (Phi) is 9.26. The lowest BCUT2D eigenvalue weighted by Crippen LogP contribution is -2.28. The fourth-order valence-electron chi connectivity index (χ4n) is 4.80. The highest BCUT2D eigenvalue weighted by Gasteiger charge is 2.31. The number of carbonyl (C=O) groups is 2. The number of alkyl halides is 3. The van der Waals surface area contributed by atoms with Crippen LogP contribution in [0.25, 0.3) is 22.3 Å². The molecule has 1 aromatic heterocycles. The van der Waals surface area contributed by atoms with Crippen LogP contribution in [0.3, 0.4) is 0 Å². The summed E-state index contributed by atoms with van der Waals surface area (Å²) in [7, 11) is -4.26. The summed E-state index contributed by atoms with van der Waals surface area (Å²) >= 11 is 0. The summed E-state index contributed by atoms with van der Waals surface area (Å²) in [6.07, 6.45) is -4.60. The molecule has 0 aliphatic carbocycles. The summed E-state index contributed by atoms with van der Waals surface area (Å²) in [5.74, 6) is -3.32. The second-order valence-electron chi connectivity index (χ2n) is 10.4. The van der Waals surface area contributed by atoms with Gasteiger partial charge in [0.1, 0.15) is 17.2 Å². The van der Waals surface area contributed by atoms with Gasteiger partial charge in [-0.05, 0) is 72.1 Å². The molecule has 13 heteroatoms. The van der Waals surface area contributed by atoms with Gasteiger partial charge in [-0.1, -0.05) is 42.5 Å². The van der Waals surface area contributed by atoms with Gasteiger partial charge in [-0.25, -0.2) is 4.39 Å². The summed E-state index contributed by atoms with van der Waals surface area (Å²) in [5.41, 5.74) is 0.979. The average Bonchev–Trinajstić information content (AvgIpc) is 3.45. The van der Waals surface area contributed by atoms with Crippen molar-refractivity contribution < 1.29 is 44.5 Å². The number of para-hydroxylation sites is 1. The normalized spacial score (nSPS) is 12.5. The van der Waals surface area contributed by atoms with Crippen molar-refractivity contribution in [2.45, 2.75) is 18.5 Å². The standard InChI is InChI=1S/C33H26F4N2O6S/c34-27-18-24(30-19-23-3-1-2-4-29(23)45-30)11-14-28(27)39-32(41)26(21-9-12-25(13-10-21)33(35,36)37)17-20-5-7-22(8-6-20)31(40)38-15-16-46(42,43)44/h1-14,18-19,26H,15-17H2,(H,38,40)(H,39,41)(H,42,43,44). The lowest BCUT2D eigenvalue weighted by molar-refractivity contribution is -0.137. The van der Waals surface area contributed by atoms with Crippen molar-refractivity contribution in [1.29, 1.82) is 0 Å². The fourth-order valence-corrected chi connectivity index (χ4v) is 5.16. The molecule has 0 bridgehead atoms. The molecule has 1 unspecified atom stereocenters. The van der Waals surface area contributed by atoms with Crippen LogP contribution in [0.5, 0.6) is 0 Å². The zero-order chi connectivity index (χ0) is 33.1. The molecule has 1 heterocycles. The number of amides is 2. The zero-order valence-corrected chi connectivity index (χ0v) is 24.7. The highest BCUT2D eigenvalue weighted by atomic mass is 32.2. The molecule has 5 rings (SSSR count). The van der Waals surface area contributed by atoms with Gasteiger partial charge in [-0.2, -0.15) is 21.6 Å². The highest BCUT2D eigenvalue weighted by molar-refractivity contribution is 7.85. The summed E-state index contributed by atoms with van der Waals surface area (Å²) in [4.78, 5) is 25.9. The minimum Gasteiger partial charge on any atom is -0.456 e. The van der Waals surface area contributed by atoms with Gasteiger partial charge >= 0.3 is 6.18 Å². The Morgan fingerprint density at radius 1 is 0.891 bits per heavy atom. The lowest BCUT2D eigenvalue weighted by Gasteiger charge is -2.19. The number of hydrogen-bond donors (Lipinski definition) is 3. The van der Waals surface area contributed by atoms with Crippen LogP contribution < -0.4 is 10.6 Å². The topological polar surface area (TPSA) is 126 Å². The monoisotopic (exact) mass is 654 g/mol. The fraction of sp³-hybridized carbons (Fsp3) is 0.152. The van der Waals surface area contributed by atoms with Crippen LogP contribution in [0.2, 0.25) is 0 Å². The van der Waals surface area contributed by atoms with Crippen LogP contribution in [0.1, 0.15) is 33.0 Å². The van der Waals surface area contributed by atoms with E-state index >= 15 is 4.39 Å². The second kappa shape index (κ2) is 13.2. The van der Waals surface area contributed by atoms with E-state index in [0.717, 1.165) is 17.5 Å². The molecule has 4 aromatic carbocycles. The van der Waals surface area contributed by atoms with E-state index in [1.165, 1.54) is 48.5 Å². The van der Waals surface area contributed by atoms with E-state index in [-0.39, 0.29) is 29.8 Å². The number of benzene rings is 4. The van der Waals surface area contributed by atoms with Crippen LogP contribution in [0, 0.1) is 5.82 Å². The zero-order valence-electron chi connectivity index (χ0n) is 23.8. The molecule has 0 saturated carbocycles. The molecule has 8 nitrogen and oxygen atoms in total. The van der Waals surface area contributed by atoms with Crippen LogP contribution in [0.4, 0.5) is 23.2 Å². The number of halogens is 4. The number of fused-ring (bicyclic) bond motifs is 1. The molecule has 0 saturated heterocycles. The Bertz CT molecular complexity index is 1960. The Balaban J connectivity index is 1.36. The highest BCUT2D eigenvalue weighted by Crippen LogP contribution is 2.33. The van der Waals surface area contributed by atoms with Crippen molar-refractivity contribution in [2.24, 2.45) is 0 Å². The third-order valence-electron chi connectivity index (χ3n) is 7.20. The van der Waals surface area contributed by atoms with E-state index < -0.39 is 51.2 Å². The number of carbonyl (C=O) groups excluding carboxylic acids is 2. The maximum absolute atomic E-state index is 15.2. The predicted octanol–water partition coefficient (Wildman–Crippen LogP) is 6.84. The maximum atomic E-state index is 15.2. The van der Waals surface area contributed by atoms with E-state index in [1.807, 2.05) is 18.2 Å². The minimum atomic E-state index is -4.58. The molecule has 238 valence electrons. The number of nitrogens with one attached hydrogen (secondary N) is 2. The van der Waals surface area contributed by atoms with Gasteiger partial charge in [0.15, 0.2) is 0 Å². The molecule has 46 heavy (non-hydrogen) atoms. The number of furan rings is 1. The van der Waals surface area contributed by atoms with E-state index in [9.17, 15) is 31.2 Å². The van der Waals surface area contributed by atoms with Gasteiger partial charge in [0.2, 0.25) is 5.91 Å². The molecular formula is C33H26F4N2O6S. The smallest absolute Gasteiger partial charge is 0.416 e. The Hall–Kier alpha value is -5.01. The van der Waals surface area contributed by atoms with E-state index in [4.69, 9.17) is 8.97 Å². The third kappa shape index (κ3) is 7.98. The third-order valence-corrected chi connectivity index (χ3v) is 7.92. The first kappa shape index (κ1) is 32.4. The lowest BCUT2D eigenvalue weighted by atomic mass is 9.90. The summed E-state index contributed by atoms with van der Waals surface area (Å²) < 4.78 is 91.2.